The Bertz CT molecular complexity index is 410. The van der Waals surface area contributed by atoms with Crippen LogP contribution in [0.15, 0.2) is 0 Å². The number of aromatic nitrogens is 2. The molecule has 2 heterocycles. The molecule has 1 aromatic heterocycles. The molecular formula is C14H26N4O. The average molecular weight is 266 g/mol. The van der Waals surface area contributed by atoms with Gasteiger partial charge in [-0.05, 0) is 51.0 Å². The molecule has 108 valence electrons. The lowest BCUT2D eigenvalue weighted by atomic mass is 9.89. The van der Waals surface area contributed by atoms with Gasteiger partial charge in [-0.2, -0.15) is 5.10 Å². The van der Waals surface area contributed by atoms with Gasteiger partial charge in [0.15, 0.2) is 0 Å². The van der Waals surface area contributed by atoms with Gasteiger partial charge in [0.2, 0.25) is 0 Å². The van der Waals surface area contributed by atoms with Crippen molar-refractivity contribution >= 4 is 0 Å². The van der Waals surface area contributed by atoms with Crippen molar-refractivity contribution in [1.82, 2.24) is 15.2 Å². The first kappa shape index (κ1) is 14.5. The van der Waals surface area contributed by atoms with Crippen LogP contribution in [0.25, 0.3) is 0 Å². The molecule has 3 N–H and O–H groups in total. The van der Waals surface area contributed by atoms with Crippen LogP contribution in [0.5, 0.6) is 0 Å². The lowest BCUT2D eigenvalue weighted by Crippen LogP contribution is -2.44. The Balaban J connectivity index is 1.95. The van der Waals surface area contributed by atoms with Crippen molar-refractivity contribution < 1.29 is 4.74 Å². The fourth-order valence-electron chi connectivity index (χ4n) is 3.02. The predicted octanol–water partition coefficient (Wildman–Crippen LogP) is 1.23. The molecule has 19 heavy (non-hydrogen) atoms. The van der Waals surface area contributed by atoms with E-state index in [4.69, 9.17) is 10.6 Å². The Labute approximate surface area is 115 Å². The molecule has 1 aliphatic heterocycles. The quantitative estimate of drug-likeness (QED) is 0.621. The van der Waals surface area contributed by atoms with E-state index in [0.717, 1.165) is 38.2 Å². The first-order valence-corrected chi connectivity index (χ1v) is 7.16. The highest BCUT2D eigenvalue weighted by Gasteiger charge is 2.23. The third-order valence-electron chi connectivity index (χ3n) is 4.34. The van der Waals surface area contributed by atoms with Crippen molar-refractivity contribution in [2.45, 2.75) is 45.6 Å². The SMILES string of the molecule is Cc1nn(C)c(C)c1CCC(NN)C1CCCOC1. The molecule has 1 aliphatic rings. The monoisotopic (exact) mass is 266 g/mol. The second-order valence-electron chi connectivity index (χ2n) is 5.56. The van der Waals surface area contributed by atoms with Gasteiger partial charge in [0.25, 0.3) is 0 Å². The molecule has 0 saturated carbocycles. The highest BCUT2D eigenvalue weighted by Crippen LogP contribution is 2.22. The van der Waals surface area contributed by atoms with E-state index in [1.165, 1.54) is 17.7 Å². The largest absolute Gasteiger partial charge is 0.381 e. The zero-order chi connectivity index (χ0) is 13.8. The summed E-state index contributed by atoms with van der Waals surface area (Å²) < 4.78 is 7.51. The van der Waals surface area contributed by atoms with Gasteiger partial charge in [0.05, 0.1) is 12.3 Å². The summed E-state index contributed by atoms with van der Waals surface area (Å²) in [6.07, 6.45) is 4.42. The second-order valence-corrected chi connectivity index (χ2v) is 5.56. The summed E-state index contributed by atoms with van der Waals surface area (Å²) in [6.45, 7) is 5.94. The van der Waals surface area contributed by atoms with E-state index >= 15 is 0 Å². The number of aryl methyl sites for hydroxylation is 2. The van der Waals surface area contributed by atoms with E-state index < -0.39 is 0 Å². The van der Waals surface area contributed by atoms with Crippen LogP contribution in [0.1, 0.15) is 36.2 Å². The molecule has 0 radical (unpaired) electrons. The van der Waals surface area contributed by atoms with Crippen molar-refractivity contribution in [3.8, 4) is 0 Å². The van der Waals surface area contributed by atoms with Gasteiger partial charge in [0, 0.05) is 25.4 Å². The minimum atomic E-state index is 0.333. The molecule has 2 rings (SSSR count). The van der Waals surface area contributed by atoms with Crippen LogP contribution in [-0.4, -0.2) is 29.0 Å². The summed E-state index contributed by atoms with van der Waals surface area (Å²) in [6, 6.07) is 0.333. The molecule has 1 saturated heterocycles. The third-order valence-corrected chi connectivity index (χ3v) is 4.34. The van der Waals surface area contributed by atoms with Crippen LogP contribution in [0.3, 0.4) is 0 Å². The summed E-state index contributed by atoms with van der Waals surface area (Å²) in [7, 11) is 2.00. The number of hydrogen-bond donors (Lipinski definition) is 2. The first-order chi connectivity index (χ1) is 9.13. The Morgan fingerprint density at radius 1 is 1.53 bits per heavy atom. The van der Waals surface area contributed by atoms with E-state index in [0.29, 0.717) is 12.0 Å². The first-order valence-electron chi connectivity index (χ1n) is 7.16. The van der Waals surface area contributed by atoms with Crippen LogP contribution >= 0.6 is 0 Å². The van der Waals surface area contributed by atoms with Crippen molar-refractivity contribution in [3.05, 3.63) is 17.0 Å². The topological polar surface area (TPSA) is 65.1 Å². The van der Waals surface area contributed by atoms with Crippen molar-refractivity contribution in [2.24, 2.45) is 18.8 Å². The minimum absolute atomic E-state index is 0.333. The predicted molar refractivity (Wildman–Crippen MR) is 75.7 cm³/mol. The van der Waals surface area contributed by atoms with Crippen LogP contribution in [-0.2, 0) is 18.2 Å². The molecule has 2 atom stereocenters. The summed E-state index contributed by atoms with van der Waals surface area (Å²) >= 11 is 0. The van der Waals surface area contributed by atoms with Gasteiger partial charge >= 0.3 is 0 Å². The van der Waals surface area contributed by atoms with E-state index in [1.807, 2.05) is 11.7 Å². The molecule has 1 fully saturated rings. The fraction of sp³-hybridized carbons (Fsp3) is 0.786. The van der Waals surface area contributed by atoms with Gasteiger partial charge < -0.3 is 4.74 Å². The second kappa shape index (κ2) is 6.50. The van der Waals surface area contributed by atoms with Gasteiger partial charge in [-0.15, -0.1) is 0 Å². The van der Waals surface area contributed by atoms with Gasteiger partial charge in [-0.25, -0.2) is 0 Å². The molecule has 0 aromatic carbocycles. The number of nitrogens with two attached hydrogens (primary N) is 1. The number of nitrogens with one attached hydrogen (secondary N) is 1. The molecule has 0 bridgehead atoms. The number of hydrogen-bond acceptors (Lipinski definition) is 4. The zero-order valence-corrected chi connectivity index (χ0v) is 12.3. The van der Waals surface area contributed by atoms with Gasteiger partial charge in [-0.1, -0.05) is 0 Å². The van der Waals surface area contributed by atoms with E-state index in [1.54, 1.807) is 0 Å². The fourth-order valence-corrected chi connectivity index (χ4v) is 3.02. The minimum Gasteiger partial charge on any atom is -0.381 e. The summed E-state index contributed by atoms with van der Waals surface area (Å²) in [5.41, 5.74) is 6.73. The number of ether oxygens (including phenoxy) is 1. The van der Waals surface area contributed by atoms with Crippen molar-refractivity contribution in [1.29, 1.82) is 0 Å². The number of nitrogens with zero attached hydrogens (tertiary/aromatic N) is 2. The Hall–Kier alpha value is -0.910. The van der Waals surface area contributed by atoms with Crippen LogP contribution in [0, 0.1) is 19.8 Å². The summed E-state index contributed by atoms with van der Waals surface area (Å²) in [5.74, 6) is 6.26. The molecule has 5 nitrogen and oxygen atoms in total. The lowest BCUT2D eigenvalue weighted by Gasteiger charge is -2.29. The van der Waals surface area contributed by atoms with Gasteiger partial charge in [-0.3, -0.25) is 16.0 Å². The Morgan fingerprint density at radius 3 is 2.84 bits per heavy atom. The maximum Gasteiger partial charge on any atom is 0.0628 e. The number of rotatable bonds is 5. The van der Waals surface area contributed by atoms with Crippen LogP contribution in [0.4, 0.5) is 0 Å². The van der Waals surface area contributed by atoms with Gasteiger partial charge in [0.1, 0.15) is 0 Å². The maximum absolute atomic E-state index is 5.72. The molecule has 5 heteroatoms. The molecule has 0 amide bonds. The van der Waals surface area contributed by atoms with E-state index in [9.17, 15) is 0 Å². The van der Waals surface area contributed by atoms with Crippen LogP contribution < -0.4 is 11.3 Å². The lowest BCUT2D eigenvalue weighted by molar-refractivity contribution is 0.0380. The van der Waals surface area contributed by atoms with E-state index in [-0.39, 0.29) is 0 Å². The van der Waals surface area contributed by atoms with Crippen molar-refractivity contribution in [2.75, 3.05) is 13.2 Å². The van der Waals surface area contributed by atoms with Crippen LogP contribution in [0.2, 0.25) is 0 Å². The smallest absolute Gasteiger partial charge is 0.0628 e. The normalized spacial score (nSPS) is 21.6. The molecular weight excluding hydrogens is 240 g/mol. The highest BCUT2D eigenvalue weighted by molar-refractivity contribution is 5.24. The molecule has 0 spiro atoms. The Morgan fingerprint density at radius 2 is 2.32 bits per heavy atom. The molecule has 1 aromatic rings. The zero-order valence-electron chi connectivity index (χ0n) is 12.3. The molecule has 0 aliphatic carbocycles. The average Bonchev–Trinajstić information content (AvgIpc) is 2.66. The van der Waals surface area contributed by atoms with Crippen molar-refractivity contribution in [3.63, 3.8) is 0 Å². The Kier molecular flexibility index (Phi) is 4.96. The summed E-state index contributed by atoms with van der Waals surface area (Å²) in [4.78, 5) is 0. The summed E-state index contributed by atoms with van der Waals surface area (Å²) in [5, 5.41) is 4.47. The standard InChI is InChI=1S/C14H26N4O/c1-10-13(11(2)18(3)17-10)6-7-14(16-15)12-5-4-8-19-9-12/h12,14,16H,4-9,15H2,1-3H3. The third kappa shape index (κ3) is 3.35. The van der Waals surface area contributed by atoms with E-state index in [2.05, 4.69) is 24.4 Å². The number of hydrazine groups is 1. The highest BCUT2D eigenvalue weighted by atomic mass is 16.5. The molecule has 2 unspecified atom stereocenters. The maximum atomic E-state index is 5.72.